The van der Waals surface area contributed by atoms with Crippen LogP contribution in [-0.4, -0.2) is 29.3 Å². The van der Waals surface area contributed by atoms with Gasteiger partial charge in [-0.1, -0.05) is 53.9 Å². The van der Waals surface area contributed by atoms with Gasteiger partial charge < -0.3 is 4.90 Å². The number of hydrogen-bond acceptors (Lipinski definition) is 4. The minimum absolute atomic E-state index is 0.0352. The average molecular weight is 342 g/mol. The largest absolute Gasteiger partial charge is 0.345 e. The molecule has 0 aliphatic carbocycles. The van der Waals surface area contributed by atoms with Gasteiger partial charge in [0.2, 0.25) is 0 Å². The molecule has 1 aliphatic rings. The van der Waals surface area contributed by atoms with E-state index in [9.17, 15) is 4.79 Å². The molecule has 1 heterocycles. The molecule has 0 saturated carbocycles. The number of hydrogen-bond donors (Lipinski definition) is 0. The van der Waals surface area contributed by atoms with Crippen LogP contribution in [0.25, 0.3) is 0 Å². The van der Waals surface area contributed by atoms with Crippen molar-refractivity contribution in [1.82, 2.24) is 4.90 Å². The van der Waals surface area contributed by atoms with Gasteiger partial charge in [-0.25, -0.2) is 4.99 Å². The first-order valence-corrected chi connectivity index (χ1v) is 9.33. The van der Waals surface area contributed by atoms with E-state index in [1.54, 1.807) is 42.5 Å². The molecule has 23 heavy (non-hydrogen) atoms. The Kier molecular flexibility index (Phi) is 5.08. The Hall–Kier alpha value is -1.72. The fourth-order valence-corrected chi connectivity index (χ4v) is 4.25. The summed E-state index contributed by atoms with van der Waals surface area (Å²) in [6.45, 7) is 0. The van der Waals surface area contributed by atoms with Crippen LogP contribution in [0.3, 0.4) is 0 Å². The predicted molar refractivity (Wildman–Crippen MR) is 101 cm³/mol. The van der Waals surface area contributed by atoms with Gasteiger partial charge in [0.1, 0.15) is 4.38 Å². The maximum atomic E-state index is 11.9. The lowest BCUT2D eigenvalue weighted by molar-refractivity contribution is 0.0827. The number of para-hydroxylation sites is 1. The van der Waals surface area contributed by atoms with E-state index in [0.717, 1.165) is 27.1 Å². The lowest BCUT2D eigenvalue weighted by atomic mass is 10.1. The highest BCUT2D eigenvalue weighted by atomic mass is 32.2. The second-order valence-corrected chi connectivity index (χ2v) is 7.67. The van der Waals surface area contributed by atoms with Crippen LogP contribution < -0.4 is 0 Å². The third-order valence-corrected chi connectivity index (χ3v) is 5.84. The van der Waals surface area contributed by atoms with E-state index >= 15 is 0 Å². The maximum Gasteiger partial charge on any atom is 0.253 e. The number of thioether (sulfide) groups is 2. The van der Waals surface area contributed by atoms with Gasteiger partial charge in [0, 0.05) is 31.2 Å². The molecule has 0 atom stereocenters. The number of nitrogens with zero attached hydrogens (tertiary/aromatic N) is 2. The summed E-state index contributed by atoms with van der Waals surface area (Å²) < 4.78 is 1.11. The van der Waals surface area contributed by atoms with Crippen LogP contribution in [0.1, 0.15) is 21.5 Å². The minimum Gasteiger partial charge on any atom is -0.345 e. The summed E-state index contributed by atoms with van der Waals surface area (Å²) in [5.74, 6) is 1.89. The molecule has 3 rings (SSSR count). The van der Waals surface area contributed by atoms with Crippen LogP contribution in [0.2, 0.25) is 0 Å². The number of rotatable bonds is 3. The van der Waals surface area contributed by atoms with Crippen molar-refractivity contribution in [2.24, 2.45) is 4.99 Å². The van der Waals surface area contributed by atoms with E-state index in [1.165, 1.54) is 11.1 Å². The molecule has 0 radical (unpaired) electrons. The zero-order chi connectivity index (χ0) is 16.2. The van der Waals surface area contributed by atoms with Crippen molar-refractivity contribution < 1.29 is 4.79 Å². The van der Waals surface area contributed by atoms with Crippen molar-refractivity contribution in [2.45, 2.75) is 11.5 Å². The van der Waals surface area contributed by atoms with Gasteiger partial charge in [-0.05, 0) is 29.3 Å². The first-order chi connectivity index (χ1) is 11.1. The van der Waals surface area contributed by atoms with Crippen molar-refractivity contribution in [1.29, 1.82) is 0 Å². The zero-order valence-corrected chi connectivity index (χ0v) is 14.8. The van der Waals surface area contributed by atoms with Gasteiger partial charge in [0.05, 0.1) is 5.69 Å². The summed E-state index contributed by atoms with van der Waals surface area (Å²) in [4.78, 5) is 18.2. The normalized spacial score (nSPS) is 13.2. The maximum absolute atomic E-state index is 11.9. The Morgan fingerprint density at radius 3 is 2.65 bits per heavy atom. The monoisotopic (exact) mass is 342 g/mol. The number of aliphatic imine (C=N–C) groups is 1. The summed E-state index contributed by atoms with van der Waals surface area (Å²) in [5, 5.41) is 0. The van der Waals surface area contributed by atoms with Crippen LogP contribution in [0.15, 0.2) is 53.5 Å². The van der Waals surface area contributed by atoms with Crippen LogP contribution in [0, 0.1) is 0 Å². The predicted octanol–water partition coefficient (Wildman–Crippen LogP) is 4.56. The van der Waals surface area contributed by atoms with E-state index in [-0.39, 0.29) is 5.91 Å². The third kappa shape index (κ3) is 3.98. The number of benzene rings is 2. The molecule has 0 unspecified atom stereocenters. The van der Waals surface area contributed by atoms with E-state index in [1.807, 2.05) is 30.3 Å². The summed E-state index contributed by atoms with van der Waals surface area (Å²) in [6, 6.07) is 16.1. The molecule has 118 valence electrons. The van der Waals surface area contributed by atoms with Crippen LogP contribution in [0.4, 0.5) is 5.69 Å². The smallest absolute Gasteiger partial charge is 0.253 e. The molecule has 0 aromatic heterocycles. The van der Waals surface area contributed by atoms with E-state index in [2.05, 4.69) is 18.2 Å². The van der Waals surface area contributed by atoms with Crippen LogP contribution >= 0.6 is 23.5 Å². The quantitative estimate of drug-likeness (QED) is 0.820. The molecule has 0 fully saturated rings. The van der Waals surface area contributed by atoms with Gasteiger partial charge in [-0.15, -0.1) is 0 Å². The number of carbonyl (C=O) groups excluding carboxylic acids is 1. The van der Waals surface area contributed by atoms with E-state index < -0.39 is 0 Å². The molecule has 3 nitrogen and oxygen atoms in total. The van der Waals surface area contributed by atoms with E-state index in [0.29, 0.717) is 0 Å². The van der Waals surface area contributed by atoms with Crippen molar-refractivity contribution in [3.05, 3.63) is 65.2 Å². The second kappa shape index (κ2) is 7.23. The highest BCUT2D eigenvalue weighted by molar-refractivity contribution is 8.38. The standard InChI is InChI=1S/C18H18N2OS2/c1-20(2)17(21)14-9-7-13(8-10-14)11-22-18-19-16-6-4-3-5-15(16)12-23-18/h3-10H,11-12H2,1-2H3. The first kappa shape index (κ1) is 16.1. The molecule has 0 spiro atoms. The van der Waals surface area contributed by atoms with E-state index in [4.69, 9.17) is 4.99 Å². The van der Waals surface area contributed by atoms with Crippen molar-refractivity contribution in [3.8, 4) is 0 Å². The minimum atomic E-state index is 0.0352. The van der Waals surface area contributed by atoms with Gasteiger partial charge in [0.15, 0.2) is 0 Å². The van der Waals surface area contributed by atoms with Crippen molar-refractivity contribution >= 4 is 39.5 Å². The van der Waals surface area contributed by atoms with Gasteiger partial charge in [-0.3, -0.25) is 4.79 Å². The average Bonchev–Trinajstić information content (AvgIpc) is 2.59. The molecular formula is C18H18N2OS2. The Bertz CT molecular complexity index is 739. The highest BCUT2D eigenvalue weighted by Gasteiger charge is 2.13. The molecule has 0 N–H and O–H groups in total. The number of fused-ring (bicyclic) bond motifs is 1. The second-order valence-electron chi connectivity index (χ2n) is 5.48. The fourth-order valence-electron chi connectivity index (χ4n) is 2.23. The Morgan fingerprint density at radius 1 is 1.17 bits per heavy atom. The van der Waals surface area contributed by atoms with Gasteiger partial charge >= 0.3 is 0 Å². The van der Waals surface area contributed by atoms with Crippen molar-refractivity contribution in [3.63, 3.8) is 0 Å². The summed E-state index contributed by atoms with van der Waals surface area (Å²) >= 11 is 3.54. The molecule has 1 amide bonds. The molecule has 2 aromatic carbocycles. The summed E-state index contributed by atoms with van der Waals surface area (Å²) in [6.07, 6.45) is 0. The van der Waals surface area contributed by atoms with Gasteiger partial charge in [-0.2, -0.15) is 0 Å². The highest BCUT2D eigenvalue weighted by Crippen LogP contribution is 2.35. The molecule has 5 heteroatoms. The Morgan fingerprint density at radius 2 is 1.91 bits per heavy atom. The summed E-state index contributed by atoms with van der Waals surface area (Å²) in [5.41, 5.74) is 4.31. The zero-order valence-electron chi connectivity index (χ0n) is 13.2. The topological polar surface area (TPSA) is 32.7 Å². The number of carbonyl (C=O) groups is 1. The molecule has 2 aromatic rings. The Balaban J connectivity index is 1.63. The molecular weight excluding hydrogens is 324 g/mol. The summed E-state index contributed by atoms with van der Waals surface area (Å²) in [7, 11) is 3.53. The third-order valence-electron chi connectivity index (χ3n) is 3.52. The molecule has 1 aliphatic heterocycles. The number of amides is 1. The van der Waals surface area contributed by atoms with Crippen LogP contribution in [0.5, 0.6) is 0 Å². The SMILES string of the molecule is CN(C)C(=O)c1ccc(CSC2=Nc3ccccc3CS2)cc1. The van der Waals surface area contributed by atoms with Crippen LogP contribution in [-0.2, 0) is 11.5 Å². The first-order valence-electron chi connectivity index (χ1n) is 7.36. The molecule has 0 saturated heterocycles. The fraction of sp³-hybridized carbons (Fsp3) is 0.222. The molecule has 0 bridgehead atoms. The lowest BCUT2D eigenvalue weighted by Crippen LogP contribution is -2.21. The Labute approximate surface area is 145 Å². The lowest BCUT2D eigenvalue weighted by Gasteiger charge is -2.14. The van der Waals surface area contributed by atoms with Gasteiger partial charge in [0.25, 0.3) is 5.91 Å². The van der Waals surface area contributed by atoms with Crippen molar-refractivity contribution in [2.75, 3.05) is 14.1 Å².